The third-order valence-corrected chi connectivity index (χ3v) is 13.8. The van der Waals surface area contributed by atoms with Crippen LogP contribution in [0, 0.1) is 96.9 Å². The predicted octanol–water partition coefficient (Wildman–Crippen LogP) is 12.9. The first-order valence-corrected chi connectivity index (χ1v) is 26.9. The summed E-state index contributed by atoms with van der Waals surface area (Å²) in [5, 5.41) is 0. The standard InChI is InChI=1S/C21H30N2O3.2C21H30N2O2/c1-8-17(12-24-6)26-21-15(4)20(22-16(5)23-21)11-19-13(2)9-18(25-7)10-14(19)3;2*1-8-18(12-24-7)25-21-16(5)20(22-17(6)23-21)11-19-14(3)9-13(2)10-15(19)4/h9-10,17H,8,11-12H2,1-7H3;2*9-10,18H,8,11-12H2,1-7H3. The largest absolute Gasteiger partial charge is 0.497 e. The maximum Gasteiger partial charge on any atom is 0.220 e. The van der Waals surface area contributed by atoms with E-state index in [4.69, 9.17) is 43.1 Å². The van der Waals surface area contributed by atoms with Crippen LogP contribution >= 0.6 is 0 Å². The van der Waals surface area contributed by atoms with Crippen molar-refractivity contribution in [3.8, 4) is 23.4 Å². The second-order valence-corrected chi connectivity index (χ2v) is 20.3. The van der Waals surface area contributed by atoms with Crippen LogP contribution in [0.2, 0.25) is 0 Å². The summed E-state index contributed by atoms with van der Waals surface area (Å²) in [5.74, 6) is 5.09. The first kappa shape index (κ1) is 62.5. The molecule has 13 nitrogen and oxygen atoms in total. The van der Waals surface area contributed by atoms with E-state index in [0.29, 0.717) is 37.5 Å². The van der Waals surface area contributed by atoms with Crippen LogP contribution in [0.1, 0.15) is 152 Å². The minimum atomic E-state index is -0.00897. The number of hydrogen-bond acceptors (Lipinski definition) is 13. The van der Waals surface area contributed by atoms with Crippen LogP contribution in [-0.4, -0.2) is 96.5 Å². The average molecular weight is 1040 g/mol. The molecule has 0 saturated carbocycles. The minimum absolute atomic E-state index is 0.00805. The van der Waals surface area contributed by atoms with Crippen molar-refractivity contribution in [2.24, 2.45) is 0 Å². The highest BCUT2D eigenvalue weighted by molar-refractivity contribution is 5.46. The van der Waals surface area contributed by atoms with E-state index in [-0.39, 0.29) is 18.3 Å². The Morgan fingerprint density at radius 3 is 0.829 bits per heavy atom. The van der Waals surface area contributed by atoms with E-state index < -0.39 is 0 Å². The van der Waals surface area contributed by atoms with Crippen molar-refractivity contribution in [2.45, 2.75) is 175 Å². The van der Waals surface area contributed by atoms with Crippen LogP contribution < -0.4 is 18.9 Å². The Labute approximate surface area is 456 Å². The molecule has 0 fully saturated rings. The molecule has 0 aliphatic heterocycles. The van der Waals surface area contributed by atoms with E-state index in [9.17, 15) is 0 Å². The quantitative estimate of drug-likeness (QED) is 0.0637. The summed E-state index contributed by atoms with van der Waals surface area (Å²) >= 11 is 0. The lowest BCUT2D eigenvalue weighted by molar-refractivity contribution is 0.0748. The lowest BCUT2D eigenvalue weighted by Crippen LogP contribution is -2.23. The van der Waals surface area contributed by atoms with Gasteiger partial charge in [-0.15, -0.1) is 0 Å². The van der Waals surface area contributed by atoms with Gasteiger partial charge in [0.1, 0.15) is 41.5 Å². The first-order valence-electron chi connectivity index (χ1n) is 26.9. The fourth-order valence-electron chi connectivity index (χ4n) is 9.40. The highest BCUT2D eigenvalue weighted by atomic mass is 16.5. The van der Waals surface area contributed by atoms with Crippen molar-refractivity contribution in [2.75, 3.05) is 48.3 Å². The van der Waals surface area contributed by atoms with E-state index in [1.165, 1.54) is 61.2 Å². The van der Waals surface area contributed by atoms with Gasteiger partial charge in [0, 0.05) is 57.3 Å². The summed E-state index contributed by atoms with van der Waals surface area (Å²) < 4.78 is 39.4. The second-order valence-electron chi connectivity index (χ2n) is 20.3. The Morgan fingerprint density at radius 1 is 0.355 bits per heavy atom. The first-order chi connectivity index (χ1) is 36.1. The molecule has 0 saturated heterocycles. The average Bonchev–Trinajstić information content (AvgIpc) is 3.35. The maximum absolute atomic E-state index is 6.10. The molecule has 13 heteroatoms. The van der Waals surface area contributed by atoms with Gasteiger partial charge in [-0.05, 0) is 178 Å². The van der Waals surface area contributed by atoms with Crippen molar-refractivity contribution in [3.63, 3.8) is 0 Å². The van der Waals surface area contributed by atoms with Crippen LogP contribution in [0.15, 0.2) is 36.4 Å². The number of ether oxygens (including phenoxy) is 7. The molecular weight excluding hydrogens is 953 g/mol. The van der Waals surface area contributed by atoms with Gasteiger partial charge in [0.25, 0.3) is 0 Å². The molecule has 0 aliphatic carbocycles. The third kappa shape index (κ3) is 17.8. The van der Waals surface area contributed by atoms with Gasteiger partial charge in [-0.2, -0.15) is 15.0 Å². The zero-order chi connectivity index (χ0) is 56.4. The van der Waals surface area contributed by atoms with Crippen molar-refractivity contribution < 1.29 is 33.2 Å². The Morgan fingerprint density at radius 2 is 0.605 bits per heavy atom. The summed E-state index contributed by atoms with van der Waals surface area (Å²) in [6.45, 7) is 36.9. The molecule has 3 heterocycles. The number of aryl methyl sites for hydroxylation is 11. The fourth-order valence-corrected chi connectivity index (χ4v) is 9.40. The van der Waals surface area contributed by atoms with E-state index >= 15 is 0 Å². The predicted molar refractivity (Wildman–Crippen MR) is 306 cm³/mol. The summed E-state index contributed by atoms with van der Waals surface area (Å²) in [6, 6.07) is 13.1. The zero-order valence-electron chi connectivity index (χ0n) is 50.1. The minimum Gasteiger partial charge on any atom is -0.497 e. The summed E-state index contributed by atoms with van der Waals surface area (Å²) in [7, 11) is 6.77. The summed E-state index contributed by atoms with van der Waals surface area (Å²) in [6.07, 6.45) is 4.96. The molecule has 0 N–H and O–H groups in total. The molecule has 0 amide bonds. The number of methoxy groups -OCH3 is 4. The van der Waals surface area contributed by atoms with Crippen LogP contribution in [0.4, 0.5) is 0 Å². The Hall–Kier alpha value is -6.02. The summed E-state index contributed by atoms with van der Waals surface area (Å²) in [4.78, 5) is 27.6. The van der Waals surface area contributed by atoms with Gasteiger partial charge in [0.15, 0.2) is 0 Å². The van der Waals surface area contributed by atoms with Crippen LogP contribution in [-0.2, 0) is 33.5 Å². The molecule has 3 aromatic carbocycles. The maximum atomic E-state index is 6.10. The SMILES string of the molecule is CCC(COC)Oc1nc(C)nc(Cc2c(C)cc(C)cc2C)c1C.CCC(COC)Oc1nc(C)nc(Cc2c(C)cc(C)cc2C)c1C.CCC(COC)Oc1nc(C)nc(Cc2c(C)cc(OC)cc2C)c1C. The Bertz CT molecular complexity index is 2650. The highest BCUT2D eigenvalue weighted by Crippen LogP contribution is 2.30. The van der Waals surface area contributed by atoms with Gasteiger partial charge in [-0.3, -0.25) is 0 Å². The molecule has 414 valence electrons. The molecule has 3 unspecified atom stereocenters. The Kier molecular flexibility index (Phi) is 24.7. The molecule has 6 aromatic rings. The molecule has 0 spiro atoms. The van der Waals surface area contributed by atoms with Gasteiger partial charge in [0.2, 0.25) is 17.6 Å². The fraction of sp³-hybridized carbons (Fsp3) is 0.524. The van der Waals surface area contributed by atoms with E-state index in [2.05, 4.69) is 132 Å². The molecule has 6 rings (SSSR count). The highest BCUT2D eigenvalue weighted by Gasteiger charge is 2.20. The number of hydrogen-bond donors (Lipinski definition) is 0. The third-order valence-electron chi connectivity index (χ3n) is 13.8. The van der Waals surface area contributed by atoms with Crippen molar-refractivity contribution >= 4 is 0 Å². The number of rotatable bonds is 22. The van der Waals surface area contributed by atoms with Gasteiger partial charge < -0.3 is 33.2 Å². The molecular formula is C63H90N6O7. The van der Waals surface area contributed by atoms with Gasteiger partial charge in [0.05, 0.1) is 44.0 Å². The lowest BCUT2D eigenvalue weighted by Gasteiger charge is -2.19. The van der Waals surface area contributed by atoms with Gasteiger partial charge in [-0.1, -0.05) is 56.2 Å². The molecule has 0 aliphatic rings. The topological polar surface area (TPSA) is 142 Å². The molecule has 0 radical (unpaired) electrons. The van der Waals surface area contributed by atoms with Gasteiger partial charge >= 0.3 is 0 Å². The normalized spacial score (nSPS) is 12.2. The number of benzene rings is 3. The molecule has 3 atom stereocenters. The van der Waals surface area contributed by atoms with Crippen molar-refractivity contribution in [1.29, 1.82) is 0 Å². The van der Waals surface area contributed by atoms with Crippen LogP contribution in [0.5, 0.6) is 23.4 Å². The monoisotopic (exact) mass is 1040 g/mol. The van der Waals surface area contributed by atoms with Gasteiger partial charge in [-0.25, -0.2) is 15.0 Å². The van der Waals surface area contributed by atoms with E-state index in [1.807, 2.05) is 41.5 Å². The summed E-state index contributed by atoms with van der Waals surface area (Å²) in [5.41, 5.74) is 20.2. The van der Waals surface area contributed by atoms with Crippen LogP contribution in [0.3, 0.4) is 0 Å². The van der Waals surface area contributed by atoms with Crippen molar-refractivity contribution in [1.82, 2.24) is 29.9 Å². The van der Waals surface area contributed by atoms with Crippen molar-refractivity contribution in [3.05, 3.63) is 149 Å². The smallest absolute Gasteiger partial charge is 0.220 e. The number of nitrogens with zero attached hydrogens (tertiary/aromatic N) is 6. The Balaban J connectivity index is 0.000000246. The number of aromatic nitrogens is 6. The lowest BCUT2D eigenvalue weighted by atomic mass is 9.95. The molecule has 3 aromatic heterocycles. The molecule has 76 heavy (non-hydrogen) atoms. The van der Waals surface area contributed by atoms with E-state index in [1.54, 1.807) is 28.4 Å². The second kappa shape index (κ2) is 30.1. The van der Waals surface area contributed by atoms with E-state index in [0.717, 1.165) is 95.5 Å². The zero-order valence-corrected chi connectivity index (χ0v) is 50.1. The molecule has 0 bridgehead atoms. The van der Waals surface area contributed by atoms with Crippen LogP contribution in [0.25, 0.3) is 0 Å².